The molecule has 9 heteroatoms. The van der Waals surface area contributed by atoms with Crippen molar-refractivity contribution in [1.82, 2.24) is 20.5 Å². The molecule has 154 valence electrons. The molecule has 3 rings (SSSR count). The van der Waals surface area contributed by atoms with E-state index in [9.17, 15) is 19.2 Å². The van der Waals surface area contributed by atoms with Gasteiger partial charge in [-0.2, -0.15) is 0 Å². The van der Waals surface area contributed by atoms with Crippen LogP contribution in [0.2, 0.25) is 0 Å². The molecule has 0 saturated heterocycles. The van der Waals surface area contributed by atoms with Crippen molar-refractivity contribution in [2.45, 2.75) is 19.5 Å². The van der Waals surface area contributed by atoms with Crippen LogP contribution in [0.15, 0.2) is 35.1 Å². The van der Waals surface area contributed by atoms with Crippen LogP contribution in [0.3, 0.4) is 0 Å². The molecule has 9 nitrogen and oxygen atoms in total. The van der Waals surface area contributed by atoms with Gasteiger partial charge in [-0.1, -0.05) is 17.9 Å². The molecule has 3 N–H and O–H groups in total. The minimum absolute atomic E-state index is 0.0683. The summed E-state index contributed by atoms with van der Waals surface area (Å²) in [6.07, 6.45) is 0.244. The van der Waals surface area contributed by atoms with Gasteiger partial charge in [0.15, 0.2) is 0 Å². The van der Waals surface area contributed by atoms with Gasteiger partial charge in [0, 0.05) is 17.8 Å². The van der Waals surface area contributed by atoms with E-state index in [0.29, 0.717) is 23.6 Å². The number of carbonyl (C=O) groups excluding carboxylic acids is 3. The number of urea groups is 1. The maximum Gasteiger partial charge on any atom is 0.322 e. The fraction of sp³-hybridized carbons (Fsp3) is 0.238. The SMILES string of the molecule is COc1ccc2c(c1)C(=O)N(C[C@@H](C#Cc1ccc(C)[nH]c1=O)NC(=O)NC=O)C2. The van der Waals surface area contributed by atoms with E-state index < -0.39 is 12.1 Å². The smallest absolute Gasteiger partial charge is 0.322 e. The molecule has 4 amide bonds. The summed E-state index contributed by atoms with van der Waals surface area (Å²) in [6, 6.07) is 6.96. The van der Waals surface area contributed by atoms with Crippen molar-refractivity contribution in [2.75, 3.05) is 13.7 Å². The first kappa shape index (κ1) is 20.7. The number of rotatable bonds is 5. The Bertz CT molecular complexity index is 1110. The number of nitrogens with zero attached hydrogens (tertiary/aromatic N) is 1. The Labute approximate surface area is 172 Å². The molecule has 1 aromatic carbocycles. The molecule has 0 saturated carbocycles. The summed E-state index contributed by atoms with van der Waals surface area (Å²) in [6.45, 7) is 2.16. The summed E-state index contributed by atoms with van der Waals surface area (Å²) < 4.78 is 5.17. The molecule has 2 aromatic rings. The second-order valence-electron chi connectivity index (χ2n) is 6.65. The van der Waals surface area contributed by atoms with Crippen molar-refractivity contribution >= 4 is 18.3 Å². The van der Waals surface area contributed by atoms with Gasteiger partial charge in [0.05, 0.1) is 19.2 Å². The lowest BCUT2D eigenvalue weighted by Gasteiger charge is -2.20. The van der Waals surface area contributed by atoms with Gasteiger partial charge in [-0.15, -0.1) is 0 Å². The number of hydrogen-bond donors (Lipinski definition) is 3. The molecule has 1 aliphatic rings. The first-order valence-corrected chi connectivity index (χ1v) is 9.09. The van der Waals surface area contributed by atoms with Gasteiger partial charge in [0.2, 0.25) is 6.41 Å². The largest absolute Gasteiger partial charge is 0.497 e. The van der Waals surface area contributed by atoms with E-state index in [1.165, 1.54) is 12.0 Å². The number of pyridine rings is 1. The summed E-state index contributed by atoms with van der Waals surface area (Å²) in [7, 11) is 1.52. The van der Waals surface area contributed by atoms with E-state index in [2.05, 4.69) is 22.1 Å². The minimum atomic E-state index is -0.814. The first-order chi connectivity index (χ1) is 14.4. The first-order valence-electron chi connectivity index (χ1n) is 9.09. The summed E-state index contributed by atoms with van der Waals surface area (Å²) in [5, 5.41) is 4.51. The lowest BCUT2D eigenvalue weighted by molar-refractivity contribution is -0.108. The van der Waals surface area contributed by atoms with E-state index in [4.69, 9.17) is 4.74 Å². The van der Waals surface area contributed by atoms with E-state index in [-0.39, 0.29) is 30.0 Å². The molecule has 30 heavy (non-hydrogen) atoms. The van der Waals surface area contributed by atoms with Gasteiger partial charge in [-0.25, -0.2) is 4.79 Å². The van der Waals surface area contributed by atoms with Gasteiger partial charge < -0.3 is 19.9 Å². The molecule has 1 atom stereocenters. The predicted octanol–water partition coefficient (Wildman–Crippen LogP) is 0.524. The third-order valence-corrected chi connectivity index (χ3v) is 4.53. The molecular weight excluding hydrogens is 388 g/mol. The maximum absolute atomic E-state index is 12.8. The van der Waals surface area contributed by atoms with Crippen LogP contribution in [0.4, 0.5) is 4.79 Å². The van der Waals surface area contributed by atoms with E-state index in [1.54, 1.807) is 31.2 Å². The van der Waals surface area contributed by atoms with Crippen molar-refractivity contribution in [3.05, 3.63) is 63.1 Å². The normalized spacial score (nSPS) is 13.0. The number of amides is 4. The quantitative estimate of drug-likeness (QED) is 0.492. The van der Waals surface area contributed by atoms with Crippen LogP contribution in [0, 0.1) is 18.8 Å². The highest BCUT2D eigenvalue weighted by atomic mass is 16.5. The van der Waals surface area contributed by atoms with Gasteiger partial charge in [0.1, 0.15) is 11.8 Å². The molecule has 0 aliphatic carbocycles. The summed E-state index contributed by atoms with van der Waals surface area (Å²) >= 11 is 0. The summed E-state index contributed by atoms with van der Waals surface area (Å²) in [4.78, 5) is 51.3. The lowest BCUT2D eigenvalue weighted by atomic mass is 10.1. The Morgan fingerprint density at radius 1 is 1.33 bits per heavy atom. The van der Waals surface area contributed by atoms with Crippen molar-refractivity contribution < 1.29 is 19.1 Å². The van der Waals surface area contributed by atoms with Crippen molar-refractivity contribution in [3.63, 3.8) is 0 Å². The molecule has 0 radical (unpaired) electrons. The number of benzene rings is 1. The van der Waals surface area contributed by atoms with Crippen LogP contribution >= 0.6 is 0 Å². The molecule has 1 aromatic heterocycles. The fourth-order valence-corrected chi connectivity index (χ4v) is 3.05. The molecule has 0 bridgehead atoms. The molecule has 0 fully saturated rings. The van der Waals surface area contributed by atoms with Crippen molar-refractivity contribution in [1.29, 1.82) is 0 Å². The topological polar surface area (TPSA) is 121 Å². The number of carbonyl (C=O) groups is 3. The van der Waals surface area contributed by atoms with Gasteiger partial charge in [0.25, 0.3) is 11.5 Å². The number of aryl methyl sites for hydroxylation is 1. The highest BCUT2D eigenvalue weighted by molar-refractivity contribution is 5.98. The predicted molar refractivity (Wildman–Crippen MR) is 108 cm³/mol. The van der Waals surface area contributed by atoms with Crippen LogP contribution < -0.4 is 20.9 Å². The van der Waals surface area contributed by atoms with Gasteiger partial charge >= 0.3 is 6.03 Å². The number of hydrogen-bond acceptors (Lipinski definition) is 5. The van der Waals surface area contributed by atoms with E-state index in [0.717, 1.165) is 5.56 Å². The number of aromatic nitrogens is 1. The molecule has 1 aliphatic heterocycles. The molecule has 0 unspecified atom stereocenters. The Morgan fingerprint density at radius 2 is 2.13 bits per heavy atom. The van der Waals surface area contributed by atoms with Crippen LogP contribution in [-0.2, 0) is 11.3 Å². The van der Waals surface area contributed by atoms with Crippen molar-refractivity contribution in [2.24, 2.45) is 0 Å². The third kappa shape index (κ3) is 4.67. The Morgan fingerprint density at radius 3 is 2.83 bits per heavy atom. The Balaban J connectivity index is 1.82. The minimum Gasteiger partial charge on any atom is -0.497 e. The van der Waals surface area contributed by atoms with E-state index in [1.807, 2.05) is 11.4 Å². The second-order valence-corrected chi connectivity index (χ2v) is 6.65. The number of nitrogens with one attached hydrogen (secondary N) is 3. The monoisotopic (exact) mass is 408 g/mol. The maximum atomic E-state index is 12.8. The number of H-pyrrole nitrogens is 1. The highest BCUT2D eigenvalue weighted by Crippen LogP contribution is 2.26. The summed E-state index contributed by atoms with van der Waals surface area (Å²) in [5.41, 5.74) is 1.92. The zero-order valence-corrected chi connectivity index (χ0v) is 16.4. The van der Waals surface area contributed by atoms with Gasteiger partial charge in [-0.3, -0.25) is 19.7 Å². The summed E-state index contributed by atoms with van der Waals surface area (Å²) in [5.74, 6) is 5.89. The number of aromatic amines is 1. The van der Waals surface area contributed by atoms with Crippen LogP contribution in [0.5, 0.6) is 5.75 Å². The zero-order chi connectivity index (χ0) is 21.7. The third-order valence-electron chi connectivity index (χ3n) is 4.53. The Kier molecular flexibility index (Phi) is 6.17. The fourth-order valence-electron chi connectivity index (χ4n) is 3.05. The zero-order valence-electron chi connectivity index (χ0n) is 16.4. The standard InChI is InChI=1S/C21H20N4O5/c1-13-3-4-14(19(27)23-13)5-7-16(24-21(29)22-12-26)11-25-10-15-6-8-17(30-2)9-18(15)20(25)28/h3-4,6,8-9,12,16H,10-11H2,1-2H3,(H,23,27)(H2,22,24,26,29)/t16-/m1/s1. The van der Waals surface area contributed by atoms with Gasteiger partial charge in [-0.05, 0) is 36.8 Å². The number of imide groups is 1. The highest BCUT2D eigenvalue weighted by Gasteiger charge is 2.29. The second kappa shape index (κ2) is 8.96. The van der Waals surface area contributed by atoms with Crippen LogP contribution in [0.1, 0.15) is 27.2 Å². The number of methoxy groups -OCH3 is 1. The Hall–Kier alpha value is -4.06. The average Bonchev–Trinajstić information content (AvgIpc) is 3.02. The number of ether oxygens (including phenoxy) is 1. The average molecular weight is 408 g/mol. The molecular formula is C21H20N4O5. The van der Waals surface area contributed by atoms with E-state index >= 15 is 0 Å². The van der Waals surface area contributed by atoms with Crippen LogP contribution in [-0.4, -0.2) is 47.9 Å². The molecule has 0 spiro atoms. The van der Waals surface area contributed by atoms with Crippen molar-refractivity contribution in [3.8, 4) is 17.6 Å². The number of fused-ring (bicyclic) bond motifs is 1. The van der Waals surface area contributed by atoms with Crippen LogP contribution in [0.25, 0.3) is 0 Å². The molecule has 2 heterocycles. The lowest BCUT2D eigenvalue weighted by Crippen LogP contribution is -2.46.